The maximum Gasteiger partial charge on any atom is 0.339 e. The average Bonchev–Trinajstić information content (AvgIpc) is 2.83. The minimum Gasteiger partial charge on any atom is -0.465 e. The first-order valence-electron chi connectivity index (χ1n) is 10.4. The summed E-state index contributed by atoms with van der Waals surface area (Å²) in [5, 5.41) is 5.63. The van der Waals surface area contributed by atoms with Crippen molar-refractivity contribution < 1.29 is 28.7 Å². The first-order chi connectivity index (χ1) is 15.4. The first kappa shape index (κ1) is 23.0. The minimum absolute atomic E-state index is 0.184. The molecule has 2 aromatic rings. The van der Waals surface area contributed by atoms with Gasteiger partial charge < -0.3 is 20.1 Å². The topological polar surface area (TPSA) is 111 Å². The van der Waals surface area contributed by atoms with Crippen LogP contribution in [-0.2, 0) is 19.1 Å². The molecule has 0 radical (unpaired) electrons. The van der Waals surface area contributed by atoms with Gasteiger partial charge in [0, 0.05) is 11.8 Å². The van der Waals surface area contributed by atoms with E-state index in [1.165, 1.54) is 14.2 Å². The highest BCUT2D eigenvalue weighted by Gasteiger charge is 2.31. The van der Waals surface area contributed by atoms with Gasteiger partial charge in [-0.15, -0.1) is 0 Å². The molecule has 0 heterocycles. The smallest absolute Gasteiger partial charge is 0.339 e. The molecule has 2 N–H and O–H groups in total. The zero-order valence-corrected chi connectivity index (χ0v) is 18.1. The number of ether oxygens (including phenoxy) is 2. The third kappa shape index (κ3) is 5.32. The molecule has 168 valence electrons. The van der Waals surface area contributed by atoms with Gasteiger partial charge in [0.25, 0.3) is 0 Å². The van der Waals surface area contributed by atoms with Crippen LogP contribution in [0.4, 0.5) is 11.4 Å². The normalized spacial score (nSPS) is 17.7. The van der Waals surface area contributed by atoms with E-state index in [1.807, 2.05) is 0 Å². The van der Waals surface area contributed by atoms with Crippen molar-refractivity contribution in [2.75, 3.05) is 24.9 Å². The molecule has 0 aliphatic heterocycles. The number of amides is 2. The fraction of sp³-hybridized carbons (Fsp3) is 0.333. The van der Waals surface area contributed by atoms with E-state index in [9.17, 15) is 19.2 Å². The van der Waals surface area contributed by atoms with Gasteiger partial charge in [-0.2, -0.15) is 0 Å². The maximum atomic E-state index is 12.7. The second-order valence-corrected chi connectivity index (χ2v) is 7.60. The second kappa shape index (κ2) is 10.6. The highest BCUT2D eigenvalue weighted by atomic mass is 16.5. The third-order valence-electron chi connectivity index (χ3n) is 5.65. The van der Waals surface area contributed by atoms with Gasteiger partial charge in [0.1, 0.15) is 0 Å². The zero-order valence-electron chi connectivity index (χ0n) is 18.1. The molecule has 32 heavy (non-hydrogen) atoms. The van der Waals surface area contributed by atoms with Gasteiger partial charge in [-0.1, -0.05) is 24.3 Å². The standard InChI is InChI=1S/C24H26N2O6/c1-31-23(29)17-7-3-5-9-19(17)25-21(27)15-11-13-16(14-12-15)22(28)26-20-10-6-4-8-18(20)24(30)32-2/h3-10,15-16H,11-14H2,1-2H3,(H,25,27)(H,26,28). The van der Waals surface area contributed by atoms with E-state index in [0.717, 1.165) is 0 Å². The van der Waals surface area contributed by atoms with Crippen molar-refractivity contribution in [3.05, 3.63) is 59.7 Å². The van der Waals surface area contributed by atoms with Crippen LogP contribution >= 0.6 is 0 Å². The van der Waals surface area contributed by atoms with Crippen LogP contribution in [0.3, 0.4) is 0 Å². The fourth-order valence-corrected chi connectivity index (χ4v) is 3.85. The molecule has 3 rings (SSSR count). The number of esters is 2. The molecule has 2 aromatic carbocycles. The van der Waals surface area contributed by atoms with Crippen molar-refractivity contribution in [2.45, 2.75) is 25.7 Å². The molecule has 1 saturated carbocycles. The number of carbonyl (C=O) groups is 4. The van der Waals surface area contributed by atoms with Crippen molar-refractivity contribution in [3.63, 3.8) is 0 Å². The zero-order chi connectivity index (χ0) is 23.1. The summed E-state index contributed by atoms with van der Waals surface area (Å²) in [6.07, 6.45) is 2.18. The lowest BCUT2D eigenvalue weighted by Crippen LogP contribution is -2.32. The molecule has 0 saturated heterocycles. The molecule has 1 aliphatic rings. The molecule has 1 fully saturated rings. The number of methoxy groups -OCH3 is 2. The van der Waals surface area contributed by atoms with Crippen LogP contribution in [0.1, 0.15) is 46.4 Å². The number of anilines is 2. The number of hydrogen-bond donors (Lipinski definition) is 2. The Kier molecular flexibility index (Phi) is 7.59. The Morgan fingerprint density at radius 2 is 1.00 bits per heavy atom. The van der Waals surface area contributed by atoms with Crippen molar-refractivity contribution in [2.24, 2.45) is 11.8 Å². The molecule has 0 spiro atoms. The minimum atomic E-state index is -0.520. The number of benzene rings is 2. The van der Waals surface area contributed by atoms with E-state index < -0.39 is 11.9 Å². The van der Waals surface area contributed by atoms with Gasteiger partial charge in [-0.25, -0.2) is 9.59 Å². The summed E-state index contributed by atoms with van der Waals surface area (Å²) in [7, 11) is 2.58. The highest BCUT2D eigenvalue weighted by Crippen LogP contribution is 2.31. The number of carbonyl (C=O) groups excluding carboxylic acids is 4. The third-order valence-corrected chi connectivity index (χ3v) is 5.65. The molecule has 2 amide bonds. The number of nitrogens with one attached hydrogen (secondary N) is 2. The molecule has 8 heteroatoms. The summed E-state index contributed by atoms with van der Waals surface area (Å²) in [6, 6.07) is 13.4. The van der Waals surface area contributed by atoms with Gasteiger partial charge in [0.15, 0.2) is 0 Å². The fourth-order valence-electron chi connectivity index (χ4n) is 3.85. The summed E-state index contributed by atoms with van der Waals surface area (Å²) in [5.41, 5.74) is 1.40. The Morgan fingerprint density at radius 3 is 1.34 bits per heavy atom. The van der Waals surface area contributed by atoms with Crippen LogP contribution in [0.2, 0.25) is 0 Å². The van der Waals surface area contributed by atoms with Crippen molar-refractivity contribution in [1.82, 2.24) is 0 Å². The van der Waals surface area contributed by atoms with Crippen molar-refractivity contribution in [3.8, 4) is 0 Å². The van der Waals surface area contributed by atoms with Gasteiger partial charge >= 0.3 is 11.9 Å². The van der Waals surface area contributed by atoms with E-state index in [4.69, 9.17) is 9.47 Å². The van der Waals surface area contributed by atoms with Gasteiger partial charge in [-0.3, -0.25) is 9.59 Å². The number of rotatable bonds is 6. The second-order valence-electron chi connectivity index (χ2n) is 7.60. The Hall–Kier alpha value is -3.68. The molecule has 0 atom stereocenters. The van der Waals surface area contributed by atoms with Crippen LogP contribution in [0.25, 0.3) is 0 Å². The molecular weight excluding hydrogens is 412 g/mol. The van der Waals surface area contributed by atoms with Crippen LogP contribution < -0.4 is 10.6 Å². The largest absolute Gasteiger partial charge is 0.465 e. The van der Waals surface area contributed by atoms with Gasteiger partial charge in [0.05, 0.1) is 36.7 Å². The van der Waals surface area contributed by atoms with E-state index in [1.54, 1.807) is 48.5 Å². The summed E-state index contributed by atoms with van der Waals surface area (Å²) in [6.45, 7) is 0. The highest BCUT2D eigenvalue weighted by molar-refractivity contribution is 6.03. The van der Waals surface area contributed by atoms with Crippen molar-refractivity contribution in [1.29, 1.82) is 0 Å². The molecule has 0 aromatic heterocycles. The Labute approximate surface area is 186 Å². The summed E-state index contributed by atoms with van der Waals surface area (Å²) in [5.74, 6) is -1.92. The molecule has 1 aliphatic carbocycles. The van der Waals surface area contributed by atoms with Crippen LogP contribution in [0, 0.1) is 11.8 Å². The number of para-hydroxylation sites is 2. The summed E-state index contributed by atoms with van der Waals surface area (Å²) >= 11 is 0. The Morgan fingerprint density at radius 1 is 0.656 bits per heavy atom. The van der Waals surface area contributed by atoms with Crippen molar-refractivity contribution >= 4 is 35.1 Å². The van der Waals surface area contributed by atoms with Gasteiger partial charge in [0.2, 0.25) is 11.8 Å². The lowest BCUT2D eigenvalue weighted by atomic mass is 9.81. The molecular formula is C24H26N2O6. The molecule has 8 nitrogen and oxygen atoms in total. The first-order valence-corrected chi connectivity index (χ1v) is 10.4. The van der Waals surface area contributed by atoms with Crippen LogP contribution in [0.5, 0.6) is 0 Å². The van der Waals surface area contributed by atoms with E-state index in [0.29, 0.717) is 48.2 Å². The van der Waals surface area contributed by atoms with Crippen LogP contribution in [-0.4, -0.2) is 38.0 Å². The molecule has 0 unspecified atom stereocenters. The van der Waals surface area contributed by atoms with E-state index >= 15 is 0 Å². The average molecular weight is 438 g/mol. The monoisotopic (exact) mass is 438 g/mol. The lowest BCUT2D eigenvalue weighted by Gasteiger charge is -2.27. The summed E-state index contributed by atoms with van der Waals surface area (Å²) in [4.78, 5) is 49.3. The van der Waals surface area contributed by atoms with E-state index in [2.05, 4.69) is 10.6 Å². The number of hydrogen-bond acceptors (Lipinski definition) is 6. The lowest BCUT2D eigenvalue weighted by molar-refractivity contribution is -0.125. The van der Waals surface area contributed by atoms with Gasteiger partial charge in [-0.05, 0) is 49.9 Å². The molecule has 0 bridgehead atoms. The predicted molar refractivity (Wildman–Crippen MR) is 118 cm³/mol. The predicted octanol–water partition coefficient (Wildman–Crippen LogP) is 3.64. The Balaban J connectivity index is 1.58. The van der Waals surface area contributed by atoms with E-state index in [-0.39, 0.29) is 23.7 Å². The SMILES string of the molecule is COC(=O)c1ccccc1NC(=O)C1CCC(C(=O)Nc2ccccc2C(=O)OC)CC1. The summed E-state index contributed by atoms with van der Waals surface area (Å²) < 4.78 is 9.52. The Bertz CT molecular complexity index is 930. The van der Waals surface area contributed by atoms with Crippen LogP contribution in [0.15, 0.2) is 48.5 Å². The maximum absolute atomic E-state index is 12.7. The quantitative estimate of drug-likeness (QED) is 0.666.